The fraction of sp³-hybridized carbons (Fsp3) is 0.300. The Kier molecular flexibility index (Phi) is 4.07. The molecule has 4 heteroatoms. The minimum absolute atomic E-state index is 0.266. The highest BCUT2D eigenvalue weighted by molar-refractivity contribution is 5.94. The van der Waals surface area contributed by atoms with Crippen molar-refractivity contribution < 1.29 is 9.18 Å². The average molecular weight is 196 g/mol. The van der Waals surface area contributed by atoms with E-state index in [0.717, 1.165) is 6.42 Å². The van der Waals surface area contributed by atoms with Crippen molar-refractivity contribution in [3.8, 4) is 0 Å². The second kappa shape index (κ2) is 5.34. The summed E-state index contributed by atoms with van der Waals surface area (Å²) >= 11 is 0. The maximum absolute atomic E-state index is 12.7. The highest BCUT2D eigenvalue weighted by Crippen LogP contribution is 2.02. The number of hydrogen-bond acceptors (Lipinski definition) is 2. The fourth-order valence-electron chi connectivity index (χ4n) is 1.04. The Hall–Kier alpha value is -1.42. The van der Waals surface area contributed by atoms with E-state index in [1.54, 1.807) is 6.07 Å². The molecular formula is C10H13FN2O. The number of nitrogens with two attached hydrogens (primary N) is 1. The molecule has 0 radical (unpaired) electrons. The monoisotopic (exact) mass is 196 g/mol. The molecule has 0 fully saturated rings. The summed E-state index contributed by atoms with van der Waals surface area (Å²) in [5.74, 6) is -0.672. The number of hydrogen-bond donors (Lipinski definition) is 2. The van der Waals surface area contributed by atoms with E-state index < -0.39 is 5.82 Å². The Labute approximate surface area is 82.1 Å². The molecule has 1 aromatic rings. The first kappa shape index (κ1) is 10.7. The normalized spacial score (nSPS) is 9.86. The van der Waals surface area contributed by atoms with Crippen LogP contribution in [0.15, 0.2) is 24.3 Å². The molecule has 1 amide bonds. The summed E-state index contributed by atoms with van der Waals surface area (Å²) in [4.78, 5) is 11.4. The van der Waals surface area contributed by atoms with Gasteiger partial charge in [-0.25, -0.2) is 4.39 Å². The van der Waals surface area contributed by atoms with Gasteiger partial charge in [-0.1, -0.05) is 6.07 Å². The molecule has 14 heavy (non-hydrogen) atoms. The third-order valence-corrected chi connectivity index (χ3v) is 1.75. The Morgan fingerprint density at radius 3 is 2.93 bits per heavy atom. The van der Waals surface area contributed by atoms with E-state index in [1.165, 1.54) is 18.2 Å². The van der Waals surface area contributed by atoms with Gasteiger partial charge in [-0.15, -0.1) is 0 Å². The quantitative estimate of drug-likeness (QED) is 0.703. The molecular weight excluding hydrogens is 183 g/mol. The molecule has 0 saturated carbocycles. The van der Waals surface area contributed by atoms with Gasteiger partial charge in [-0.05, 0) is 31.2 Å². The van der Waals surface area contributed by atoms with Crippen molar-refractivity contribution in [3.63, 3.8) is 0 Å². The summed E-state index contributed by atoms with van der Waals surface area (Å²) in [5, 5.41) is 2.64. The van der Waals surface area contributed by atoms with Crippen LogP contribution in [0.4, 0.5) is 4.39 Å². The van der Waals surface area contributed by atoms with Gasteiger partial charge in [0.15, 0.2) is 0 Å². The Morgan fingerprint density at radius 2 is 2.29 bits per heavy atom. The third-order valence-electron chi connectivity index (χ3n) is 1.75. The number of amides is 1. The lowest BCUT2D eigenvalue weighted by Gasteiger charge is -2.03. The van der Waals surface area contributed by atoms with Crippen molar-refractivity contribution in [1.29, 1.82) is 0 Å². The zero-order valence-electron chi connectivity index (χ0n) is 7.79. The first-order valence-electron chi connectivity index (χ1n) is 4.48. The van der Waals surface area contributed by atoms with Gasteiger partial charge < -0.3 is 11.1 Å². The van der Waals surface area contributed by atoms with Gasteiger partial charge in [0.2, 0.25) is 0 Å². The third kappa shape index (κ3) is 3.14. The second-order valence-electron chi connectivity index (χ2n) is 2.91. The lowest BCUT2D eigenvalue weighted by molar-refractivity contribution is 0.0953. The van der Waals surface area contributed by atoms with E-state index in [1.807, 2.05) is 0 Å². The van der Waals surface area contributed by atoms with E-state index in [4.69, 9.17) is 5.73 Å². The second-order valence-corrected chi connectivity index (χ2v) is 2.91. The zero-order chi connectivity index (χ0) is 10.4. The molecule has 0 aromatic heterocycles. The Bertz CT molecular complexity index is 315. The van der Waals surface area contributed by atoms with Crippen molar-refractivity contribution in [3.05, 3.63) is 35.6 Å². The van der Waals surface area contributed by atoms with Gasteiger partial charge in [0, 0.05) is 12.1 Å². The summed E-state index contributed by atoms with van der Waals surface area (Å²) in [6.07, 6.45) is 0.723. The standard InChI is InChI=1S/C10H13FN2O/c11-9-4-1-3-8(7-9)10(14)13-6-2-5-12/h1,3-4,7H,2,5-6,12H2,(H,13,14). The van der Waals surface area contributed by atoms with Crippen molar-refractivity contribution in [1.82, 2.24) is 5.32 Å². The first-order chi connectivity index (χ1) is 6.74. The van der Waals surface area contributed by atoms with E-state index >= 15 is 0 Å². The molecule has 3 N–H and O–H groups in total. The molecule has 0 atom stereocenters. The van der Waals surface area contributed by atoms with Gasteiger partial charge in [-0.2, -0.15) is 0 Å². The highest BCUT2D eigenvalue weighted by atomic mass is 19.1. The van der Waals surface area contributed by atoms with Crippen LogP contribution in [0.3, 0.4) is 0 Å². The van der Waals surface area contributed by atoms with Crippen LogP contribution in [0.2, 0.25) is 0 Å². The molecule has 1 rings (SSSR count). The molecule has 0 aliphatic heterocycles. The minimum atomic E-state index is -0.406. The van der Waals surface area contributed by atoms with E-state index in [-0.39, 0.29) is 5.91 Å². The van der Waals surface area contributed by atoms with Crippen LogP contribution in [-0.2, 0) is 0 Å². The summed E-state index contributed by atoms with van der Waals surface area (Å²) in [6, 6.07) is 5.59. The lowest BCUT2D eigenvalue weighted by Crippen LogP contribution is -2.25. The number of halogens is 1. The molecule has 1 aromatic carbocycles. The van der Waals surface area contributed by atoms with E-state index in [9.17, 15) is 9.18 Å². The molecule has 0 aliphatic rings. The summed E-state index contributed by atoms with van der Waals surface area (Å²) in [5.41, 5.74) is 5.60. The van der Waals surface area contributed by atoms with Gasteiger partial charge in [-0.3, -0.25) is 4.79 Å². The molecule has 0 spiro atoms. The number of benzene rings is 1. The maximum atomic E-state index is 12.7. The Balaban J connectivity index is 2.52. The van der Waals surface area contributed by atoms with Crippen molar-refractivity contribution >= 4 is 5.91 Å². The van der Waals surface area contributed by atoms with Crippen LogP contribution in [0.25, 0.3) is 0 Å². The van der Waals surface area contributed by atoms with Crippen LogP contribution in [0.5, 0.6) is 0 Å². The molecule has 76 valence electrons. The molecule has 0 unspecified atom stereocenters. The lowest BCUT2D eigenvalue weighted by atomic mass is 10.2. The summed E-state index contributed by atoms with van der Waals surface area (Å²) in [6.45, 7) is 1.05. The predicted octanol–water partition coefficient (Wildman–Crippen LogP) is 0.904. The zero-order valence-corrected chi connectivity index (χ0v) is 7.79. The topological polar surface area (TPSA) is 55.1 Å². The molecule has 0 heterocycles. The van der Waals surface area contributed by atoms with Gasteiger partial charge in [0.05, 0.1) is 0 Å². The minimum Gasteiger partial charge on any atom is -0.352 e. The summed E-state index contributed by atoms with van der Waals surface area (Å²) < 4.78 is 12.7. The van der Waals surface area contributed by atoms with Crippen molar-refractivity contribution in [2.24, 2.45) is 5.73 Å². The largest absolute Gasteiger partial charge is 0.352 e. The van der Waals surface area contributed by atoms with Crippen LogP contribution < -0.4 is 11.1 Å². The van der Waals surface area contributed by atoms with Crippen LogP contribution in [0, 0.1) is 5.82 Å². The van der Waals surface area contributed by atoms with Crippen molar-refractivity contribution in [2.45, 2.75) is 6.42 Å². The number of nitrogens with one attached hydrogen (secondary N) is 1. The highest BCUT2D eigenvalue weighted by Gasteiger charge is 2.04. The van der Waals surface area contributed by atoms with E-state index in [2.05, 4.69) is 5.32 Å². The maximum Gasteiger partial charge on any atom is 0.251 e. The van der Waals surface area contributed by atoms with Gasteiger partial charge >= 0.3 is 0 Å². The van der Waals surface area contributed by atoms with Crippen LogP contribution in [-0.4, -0.2) is 19.0 Å². The number of rotatable bonds is 4. The smallest absolute Gasteiger partial charge is 0.251 e. The van der Waals surface area contributed by atoms with Gasteiger partial charge in [0.25, 0.3) is 5.91 Å². The number of carbonyl (C=O) groups excluding carboxylic acids is 1. The van der Waals surface area contributed by atoms with Crippen LogP contribution >= 0.6 is 0 Å². The SMILES string of the molecule is NCCCNC(=O)c1cccc(F)c1. The Morgan fingerprint density at radius 1 is 1.50 bits per heavy atom. The molecule has 0 bridgehead atoms. The summed E-state index contributed by atoms with van der Waals surface area (Å²) in [7, 11) is 0. The average Bonchev–Trinajstić information content (AvgIpc) is 2.18. The molecule has 0 saturated heterocycles. The molecule has 3 nitrogen and oxygen atoms in total. The molecule has 0 aliphatic carbocycles. The number of carbonyl (C=O) groups is 1. The van der Waals surface area contributed by atoms with Gasteiger partial charge in [0.1, 0.15) is 5.82 Å². The predicted molar refractivity (Wildman–Crippen MR) is 52.4 cm³/mol. The first-order valence-corrected chi connectivity index (χ1v) is 4.48. The fourth-order valence-corrected chi connectivity index (χ4v) is 1.04. The van der Waals surface area contributed by atoms with Crippen molar-refractivity contribution in [2.75, 3.05) is 13.1 Å². The van der Waals surface area contributed by atoms with Crippen LogP contribution in [0.1, 0.15) is 16.8 Å². The van der Waals surface area contributed by atoms with E-state index in [0.29, 0.717) is 18.7 Å².